The van der Waals surface area contributed by atoms with Gasteiger partial charge in [-0.2, -0.15) is 0 Å². The Morgan fingerprint density at radius 2 is 2.00 bits per heavy atom. The number of nitrogens with one attached hydrogen (secondary N) is 1. The average Bonchev–Trinajstić information content (AvgIpc) is 3.22. The lowest BCUT2D eigenvalue weighted by molar-refractivity contribution is 0.103. The maximum Gasteiger partial charge on any atom is 0.201 e. The van der Waals surface area contributed by atoms with Crippen LogP contribution in [0.1, 0.15) is 21.6 Å². The molecule has 0 saturated carbocycles. The number of hydrogen-bond acceptors (Lipinski definition) is 4. The van der Waals surface area contributed by atoms with E-state index in [0.29, 0.717) is 22.4 Å². The minimum absolute atomic E-state index is 0.105. The molecule has 0 fully saturated rings. The first kappa shape index (κ1) is 16.9. The molecule has 0 saturated heterocycles. The summed E-state index contributed by atoms with van der Waals surface area (Å²) >= 11 is 0. The highest BCUT2D eigenvalue weighted by Gasteiger charge is 2.24. The van der Waals surface area contributed by atoms with Gasteiger partial charge in [0, 0.05) is 47.8 Å². The lowest BCUT2D eigenvalue weighted by Gasteiger charge is -2.07. The summed E-state index contributed by atoms with van der Waals surface area (Å²) in [5, 5.41) is 0.444. The first-order valence-electron chi connectivity index (χ1n) is 8.12. The number of anilines is 1. The third kappa shape index (κ3) is 2.57. The fourth-order valence-electron chi connectivity index (χ4n) is 2.99. The summed E-state index contributed by atoms with van der Waals surface area (Å²) in [6.45, 7) is 1.92. The number of fused-ring (bicyclic) bond motifs is 1. The molecule has 27 heavy (non-hydrogen) atoms. The van der Waals surface area contributed by atoms with Crippen LogP contribution in [0.4, 0.5) is 14.5 Å². The molecule has 0 unspecified atom stereocenters. The van der Waals surface area contributed by atoms with E-state index in [4.69, 9.17) is 5.73 Å². The number of ketones is 1. The molecule has 0 amide bonds. The number of nitrogen functional groups attached to an aromatic ring is 1. The Hall–Kier alpha value is -3.55. The quantitative estimate of drug-likeness (QED) is 0.429. The molecule has 4 rings (SSSR count). The van der Waals surface area contributed by atoms with Crippen molar-refractivity contribution in [2.24, 2.45) is 7.05 Å². The van der Waals surface area contributed by atoms with Crippen LogP contribution in [0.5, 0.6) is 0 Å². The molecule has 0 aliphatic rings. The van der Waals surface area contributed by atoms with Gasteiger partial charge in [-0.05, 0) is 25.1 Å². The van der Waals surface area contributed by atoms with Crippen LogP contribution >= 0.6 is 0 Å². The van der Waals surface area contributed by atoms with Crippen molar-refractivity contribution in [2.45, 2.75) is 6.92 Å². The average molecular weight is 367 g/mol. The summed E-state index contributed by atoms with van der Waals surface area (Å²) in [6, 6.07) is 3.77. The van der Waals surface area contributed by atoms with E-state index in [1.807, 2.05) is 18.5 Å². The van der Waals surface area contributed by atoms with E-state index in [-0.39, 0.29) is 11.3 Å². The van der Waals surface area contributed by atoms with Gasteiger partial charge in [0.05, 0.1) is 11.3 Å². The van der Waals surface area contributed by atoms with E-state index in [9.17, 15) is 13.6 Å². The van der Waals surface area contributed by atoms with Crippen molar-refractivity contribution in [3.63, 3.8) is 0 Å². The molecule has 0 radical (unpaired) electrons. The van der Waals surface area contributed by atoms with Crippen molar-refractivity contribution in [3.05, 3.63) is 65.2 Å². The van der Waals surface area contributed by atoms with E-state index < -0.39 is 23.0 Å². The second-order valence-electron chi connectivity index (χ2n) is 6.26. The van der Waals surface area contributed by atoms with Gasteiger partial charge < -0.3 is 15.3 Å². The SMILES string of the molecule is Cc1cnc(-c2cnc3[nH]cc(C(=O)c4c(F)ccc(N)c4F)c3c2)n1C. The van der Waals surface area contributed by atoms with Gasteiger partial charge in [0.15, 0.2) is 5.82 Å². The van der Waals surface area contributed by atoms with Gasteiger partial charge in [-0.25, -0.2) is 18.7 Å². The fraction of sp³-hybridized carbons (Fsp3) is 0.105. The van der Waals surface area contributed by atoms with Crippen LogP contribution < -0.4 is 5.73 Å². The Morgan fingerprint density at radius 1 is 1.22 bits per heavy atom. The van der Waals surface area contributed by atoms with Crippen LogP contribution in [0.3, 0.4) is 0 Å². The first-order valence-corrected chi connectivity index (χ1v) is 8.12. The minimum atomic E-state index is -1.07. The number of pyridine rings is 1. The highest BCUT2D eigenvalue weighted by molar-refractivity contribution is 6.16. The Balaban J connectivity index is 1.88. The number of imidazole rings is 1. The van der Waals surface area contributed by atoms with Gasteiger partial charge in [0.25, 0.3) is 0 Å². The maximum absolute atomic E-state index is 14.3. The van der Waals surface area contributed by atoms with Gasteiger partial charge in [-0.3, -0.25) is 4.79 Å². The molecule has 8 heteroatoms. The van der Waals surface area contributed by atoms with E-state index in [1.165, 1.54) is 6.20 Å². The Bertz CT molecular complexity index is 1210. The lowest BCUT2D eigenvalue weighted by atomic mass is 10.0. The van der Waals surface area contributed by atoms with Crippen LogP contribution in [0.2, 0.25) is 0 Å². The topological polar surface area (TPSA) is 89.6 Å². The zero-order valence-corrected chi connectivity index (χ0v) is 14.5. The number of H-pyrrole nitrogens is 1. The molecule has 3 aromatic heterocycles. The molecule has 3 heterocycles. The van der Waals surface area contributed by atoms with Crippen LogP contribution in [0, 0.1) is 18.6 Å². The number of rotatable bonds is 3. The number of aromatic nitrogens is 4. The number of benzene rings is 1. The smallest absolute Gasteiger partial charge is 0.201 e. The van der Waals surface area contributed by atoms with Crippen molar-refractivity contribution in [2.75, 3.05) is 5.73 Å². The summed E-state index contributed by atoms with van der Waals surface area (Å²) in [5.41, 5.74) is 6.68. The number of aromatic amines is 1. The predicted octanol–water partition coefficient (Wildman–Crippen LogP) is 3.36. The molecule has 0 atom stereocenters. The van der Waals surface area contributed by atoms with E-state index in [1.54, 1.807) is 18.5 Å². The number of hydrogen-bond donors (Lipinski definition) is 2. The molecule has 1 aromatic carbocycles. The summed E-state index contributed by atoms with van der Waals surface area (Å²) in [6.07, 6.45) is 4.73. The molecule has 4 aromatic rings. The van der Waals surface area contributed by atoms with Crippen LogP contribution in [-0.4, -0.2) is 25.3 Å². The molecule has 3 N–H and O–H groups in total. The fourth-order valence-corrected chi connectivity index (χ4v) is 2.99. The normalized spacial score (nSPS) is 11.3. The molecular weight excluding hydrogens is 352 g/mol. The second-order valence-corrected chi connectivity index (χ2v) is 6.26. The standard InChI is InChI=1S/C19H15F2N5O/c1-9-6-25-19(26(9)2)10-5-11-12(8-24-18(11)23-7-10)17(27)15-13(20)3-4-14(22)16(15)21/h3-8H,22H2,1-2H3,(H,23,24). The molecule has 0 aliphatic heterocycles. The van der Waals surface area contributed by atoms with Crippen molar-refractivity contribution in [1.29, 1.82) is 0 Å². The number of nitrogens with zero attached hydrogens (tertiary/aromatic N) is 3. The van der Waals surface area contributed by atoms with Gasteiger partial charge in [-0.15, -0.1) is 0 Å². The number of nitrogens with two attached hydrogens (primary N) is 1. The van der Waals surface area contributed by atoms with E-state index in [2.05, 4.69) is 15.0 Å². The highest BCUT2D eigenvalue weighted by Crippen LogP contribution is 2.28. The third-order valence-electron chi connectivity index (χ3n) is 4.60. The van der Waals surface area contributed by atoms with Crippen molar-refractivity contribution in [1.82, 2.24) is 19.5 Å². The molecule has 0 aliphatic carbocycles. The van der Waals surface area contributed by atoms with Crippen LogP contribution in [0.15, 0.2) is 36.8 Å². The highest BCUT2D eigenvalue weighted by atomic mass is 19.1. The third-order valence-corrected chi connectivity index (χ3v) is 4.60. The maximum atomic E-state index is 14.3. The summed E-state index contributed by atoms with van der Waals surface area (Å²) in [5.74, 6) is -2.18. The zero-order valence-electron chi connectivity index (χ0n) is 14.5. The Morgan fingerprint density at radius 3 is 2.70 bits per heavy atom. The van der Waals surface area contributed by atoms with E-state index >= 15 is 0 Å². The van der Waals surface area contributed by atoms with E-state index in [0.717, 1.165) is 17.8 Å². The van der Waals surface area contributed by atoms with Crippen LogP contribution in [0.25, 0.3) is 22.4 Å². The summed E-state index contributed by atoms with van der Waals surface area (Å²) in [4.78, 5) is 24.3. The summed E-state index contributed by atoms with van der Waals surface area (Å²) < 4.78 is 30.3. The molecule has 6 nitrogen and oxygen atoms in total. The number of carbonyl (C=O) groups is 1. The molecular formula is C19H15F2N5O. The van der Waals surface area contributed by atoms with Crippen molar-refractivity contribution < 1.29 is 13.6 Å². The number of aryl methyl sites for hydroxylation is 1. The molecule has 0 bridgehead atoms. The second kappa shape index (κ2) is 6.01. The van der Waals surface area contributed by atoms with Crippen LogP contribution in [-0.2, 0) is 7.05 Å². The number of carbonyl (C=O) groups excluding carboxylic acids is 1. The Labute approximate surface area is 152 Å². The predicted molar refractivity (Wildman–Crippen MR) is 97.2 cm³/mol. The van der Waals surface area contributed by atoms with Gasteiger partial charge in [0.1, 0.15) is 17.3 Å². The molecule has 136 valence electrons. The molecule has 0 spiro atoms. The zero-order chi connectivity index (χ0) is 19.3. The monoisotopic (exact) mass is 367 g/mol. The van der Waals surface area contributed by atoms with Gasteiger partial charge >= 0.3 is 0 Å². The Kier molecular flexibility index (Phi) is 3.76. The lowest BCUT2D eigenvalue weighted by Crippen LogP contribution is -2.09. The van der Waals surface area contributed by atoms with Gasteiger partial charge in [0.2, 0.25) is 5.78 Å². The number of halogens is 2. The van der Waals surface area contributed by atoms with Gasteiger partial charge in [-0.1, -0.05) is 0 Å². The largest absolute Gasteiger partial charge is 0.396 e. The summed E-state index contributed by atoms with van der Waals surface area (Å²) in [7, 11) is 1.86. The minimum Gasteiger partial charge on any atom is -0.396 e. The van der Waals surface area contributed by atoms with Crippen molar-refractivity contribution >= 4 is 22.5 Å². The first-order chi connectivity index (χ1) is 12.9. The van der Waals surface area contributed by atoms with Crippen molar-refractivity contribution in [3.8, 4) is 11.4 Å².